The SMILES string of the molecule is C.C.C=C1C=C(C(C)(C)C)C(=O)N1.C=C1C=CN(C(C)(C)C)C=C1O.C=C1CC(C(C)(C)C)C(=O)N1.C=C1CC(C(C)(C)C)C(=O)N1.C=C1N=C(C(C)(C)C)C(=O)N1.C=C1NC(=O)C(C(C)(C)C)O1.C=C1NC(=O)C(C(C)(C)C)S1.CC(C)(C)C1C(=O)C(O)C1O.CN(O)C(=O)C(C)(C)C.CN(O)C(O)C(C)(C)C.Cc1ccc(C(C)(C)C)cc1.Cc1ccc(C(C)(C)C)cc1Cl. The van der Waals surface area contributed by atoms with Crippen LogP contribution < -0.4 is 31.9 Å². The fourth-order valence-electron chi connectivity index (χ4n) is 12.3. The van der Waals surface area contributed by atoms with E-state index in [-0.39, 0.29) is 145 Å². The van der Waals surface area contributed by atoms with Crippen LogP contribution in [0.4, 0.5) is 0 Å². The number of halogens is 1. The molecule has 27 heteroatoms. The number of carbonyl (C=O) groups is 8. The van der Waals surface area contributed by atoms with Crippen molar-refractivity contribution < 1.29 is 73.9 Å². The molecule has 0 bridgehead atoms. The second-order valence-electron chi connectivity index (χ2n) is 46.2. The van der Waals surface area contributed by atoms with E-state index in [1.54, 1.807) is 33.0 Å². The van der Waals surface area contributed by atoms with Gasteiger partial charge in [0, 0.05) is 98.8 Å². The van der Waals surface area contributed by atoms with Gasteiger partial charge in [0.2, 0.25) is 17.7 Å². The zero-order chi connectivity index (χ0) is 103. The van der Waals surface area contributed by atoms with E-state index >= 15 is 0 Å². The molecular formula is C105H177ClN10O15S. The zero-order valence-corrected chi connectivity index (χ0v) is 88.3. The third-order valence-electron chi connectivity index (χ3n) is 20.4. The van der Waals surface area contributed by atoms with Gasteiger partial charge >= 0.3 is 0 Å². The van der Waals surface area contributed by atoms with E-state index in [0.29, 0.717) is 33.7 Å². The molecule has 0 radical (unpaired) electrons. The maximum absolute atomic E-state index is 11.3. The van der Waals surface area contributed by atoms with Gasteiger partial charge < -0.3 is 61.9 Å². The highest BCUT2D eigenvalue weighted by atomic mass is 35.5. The minimum absolute atomic E-state index is 0. The maximum Gasteiger partial charge on any atom is 0.271 e. The molecule has 8 atom stereocenters. The molecule has 132 heavy (non-hydrogen) atoms. The van der Waals surface area contributed by atoms with Crippen molar-refractivity contribution in [3.63, 3.8) is 0 Å². The van der Waals surface area contributed by atoms with E-state index in [9.17, 15) is 48.6 Å². The molecule has 1 aliphatic carbocycles. The van der Waals surface area contributed by atoms with E-state index in [1.807, 2.05) is 128 Å². The number of carbonyl (C=O) groups excluding carboxylic acids is 8. The smallest absolute Gasteiger partial charge is 0.271 e. The Labute approximate surface area is 806 Å². The third kappa shape index (κ3) is 46.0. The number of nitrogens with zero attached hydrogens (tertiary/aromatic N) is 4. The topological polar surface area (TPSA) is 361 Å². The Bertz CT molecular complexity index is 4210. The molecule has 2 aromatic rings. The summed E-state index contributed by atoms with van der Waals surface area (Å²) >= 11 is 7.55. The van der Waals surface area contributed by atoms with Crippen LogP contribution in [0.25, 0.3) is 0 Å². The Kier molecular flexibility index (Phi) is 50.3. The predicted octanol–water partition coefficient (Wildman–Crippen LogP) is 21.4. The molecule has 8 aliphatic rings. The number of aryl methyl sites for hydroxylation is 2. The number of aliphatic imine (C=N–C) groups is 1. The predicted molar refractivity (Wildman–Crippen MR) is 546 cm³/mol. The first kappa shape index (κ1) is 130. The van der Waals surface area contributed by atoms with Crippen molar-refractivity contribution in [3.05, 3.63) is 191 Å². The number of allylic oxidation sites excluding steroid dienone is 4. The third-order valence-corrected chi connectivity index (χ3v) is 22.4. The number of hydrogen-bond donors (Lipinski definition) is 12. The van der Waals surface area contributed by atoms with Crippen molar-refractivity contribution in [3.8, 4) is 0 Å². The quantitative estimate of drug-likeness (QED) is 0.0717. The average Bonchev–Trinajstić information content (AvgIpc) is 0.776. The van der Waals surface area contributed by atoms with Gasteiger partial charge in [-0.15, -0.1) is 0 Å². The normalized spacial score (nSPS) is 20.3. The van der Waals surface area contributed by atoms with Crippen molar-refractivity contribution >= 4 is 76.2 Å². The molecule has 0 spiro atoms. The number of nitrogens with one attached hydrogen (secondary N) is 6. The summed E-state index contributed by atoms with van der Waals surface area (Å²) < 4.78 is 5.18. The summed E-state index contributed by atoms with van der Waals surface area (Å²) in [6.07, 6.45) is 5.63. The summed E-state index contributed by atoms with van der Waals surface area (Å²) in [5.74, 6) is 0.474. The van der Waals surface area contributed by atoms with Crippen LogP contribution in [0.1, 0.15) is 299 Å². The Balaban J connectivity index is -0.000000677. The number of rotatable bonds is 1. The molecule has 1 saturated carbocycles. The van der Waals surface area contributed by atoms with Gasteiger partial charge in [-0.1, -0.05) is 348 Å². The number of benzene rings is 2. The van der Waals surface area contributed by atoms with Crippen LogP contribution >= 0.6 is 23.4 Å². The molecule has 7 aliphatic heterocycles. The molecule has 5 fully saturated rings. The molecule has 750 valence electrons. The van der Waals surface area contributed by atoms with Gasteiger partial charge in [0.1, 0.15) is 29.6 Å². The fourth-order valence-corrected chi connectivity index (χ4v) is 13.4. The number of aliphatic hydroxyl groups is 4. The maximum atomic E-state index is 11.3. The van der Waals surface area contributed by atoms with Gasteiger partial charge in [-0.05, 0) is 127 Å². The first-order valence-electron chi connectivity index (χ1n) is 43.8. The molecule has 7 heterocycles. The number of amides is 7. The minimum atomic E-state index is -1.14. The van der Waals surface area contributed by atoms with Crippen LogP contribution in [0.3, 0.4) is 0 Å². The summed E-state index contributed by atoms with van der Waals surface area (Å²) in [5.41, 5.74) is 8.78. The lowest BCUT2D eigenvalue weighted by Gasteiger charge is -2.43. The number of aliphatic hydroxyl groups excluding tert-OH is 4. The summed E-state index contributed by atoms with van der Waals surface area (Å²) in [7, 11) is 2.75. The van der Waals surface area contributed by atoms with Gasteiger partial charge in [0.25, 0.3) is 23.6 Å². The highest BCUT2D eigenvalue weighted by Crippen LogP contribution is 2.41. The van der Waals surface area contributed by atoms with E-state index in [1.165, 1.54) is 42.5 Å². The van der Waals surface area contributed by atoms with Gasteiger partial charge in [0.05, 0.1) is 22.3 Å². The van der Waals surface area contributed by atoms with Crippen molar-refractivity contribution in [1.82, 2.24) is 46.9 Å². The van der Waals surface area contributed by atoms with Crippen molar-refractivity contribution in [2.75, 3.05) is 14.1 Å². The molecule has 12 N–H and O–H groups in total. The van der Waals surface area contributed by atoms with Crippen molar-refractivity contribution in [2.45, 2.75) is 337 Å². The Morgan fingerprint density at radius 2 is 0.992 bits per heavy atom. The molecule has 2 aromatic carbocycles. The summed E-state index contributed by atoms with van der Waals surface area (Å²) in [6.45, 7) is 102. The van der Waals surface area contributed by atoms with Crippen LogP contribution in [-0.2, 0) is 53.9 Å². The molecule has 7 amide bonds. The highest BCUT2D eigenvalue weighted by molar-refractivity contribution is 8.04. The van der Waals surface area contributed by atoms with Crippen molar-refractivity contribution in [1.29, 1.82) is 0 Å². The molecule has 10 rings (SSSR count). The molecule has 0 aromatic heterocycles. The summed E-state index contributed by atoms with van der Waals surface area (Å²) in [6, 6.07) is 15.0. The molecule has 8 unspecified atom stereocenters. The van der Waals surface area contributed by atoms with E-state index in [0.717, 1.165) is 50.5 Å². The summed E-state index contributed by atoms with van der Waals surface area (Å²) in [5, 5.41) is 73.0. The van der Waals surface area contributed by atoms with Gasteiger partial charge in [-0.3, -0.25) is 48.9 Å². The Morgan fingerprint density at radius 1 is 0.553 bits per heavy atom. The standard InChI is InChI=1S/C11H15Cl.C11H16.C10H15NO.2C9H15NO.C9H13NO.C8H12N2O.C8H13NO2.C8H13NOS.C8H14O3.C6H15NO2.C6H13NO2.2CH4/c1-8-5-6-9(7-10(8)12)11(2,3)4;1-9-5-7-10(8-6-9)11(2,3)4;1-8-5-6-11(7-9(8)12)10(2,3)4;3*1-6-5-7(8(11)10-6)9(2,3)4;1-5-9-6(7(11)10-5)8(2,3)4;2*1-5-9-7(10)6(11-5)8(2,3)4;1-8(2,3)4-5(9)7(11)6(4)10;2*1-6(2,3)5(8)7(4)9;;/h5-7H,1-4H3;5-8H,1-4H3;5-7,12H,1H2,2-4H3;2*7H,1,5H2,2-4H3,(H,10,11);5H,1H2,2-4H3,(H,10,11);1H2,2-4H3,(H,10,11);2*6H,1H2,2-4H3,(H,9,10);4-5,7,9,11H,1-3H3;5,8-9H,1-4H3;9H,1-4H3;2*1H4. The lowest BCUT2D eigenvalue weighted by atomic mass is 9.64. The van der Waals surface area contributed by atoms with E-state index in [2.05, 4.69) is 257 Å². The second-order valence-corrected chi connectivity index (χ2v) is 47.8. The van der Waals surface area contributed by atoms with Gasteiger partial charge in [0.15, 0.2) is 17.8 Å². The lowest BCUT2D eigenvalue weighted by Crippen LogP contribution is -2.60. The number of hydroxylamine groups is 4. The minimum Gasteiger partial charge on any atom is -0.506 e. The first-order valence-corrected chi connectivity index (χ1v) is 45.1. The van der Waals surface area contributed by atoms with Gasteiger partial charge in [-0.2, -0.15) is 5.06 Å². The average molecular weight is 1890 g/mol. The Hall–Kier alpha value is -8.73. The van der Waals surface area contributed by atoms with Crippen LogP contribution in [0.2, 0.25) is 5.02 Å². The van der Waals surface area contributed by atoms with Crippen molar-refractivity contribution in [2.24, 2.45) is 71.5 Å². The number of Topliss-reactive ketones (excluding diaryl/α,β-unsaturated/α-hetero) is 1. The summed E-state index contributed by atoms with van der Waals surface area (Å²) in [4.78, 5) is 95.0. The zero-order valence-electron chi connectivity index (χ0n) is 86.8. The number of ketones is 1. The first-order chi connectivity index (χ1) is 57.8. The number of ether oxygens (including phenoxy) is 1. The number of hydrogen-bond acceptors (Lipinski definition) is 19. The lowest BCUT2D eigenvalue weighted by molar-refractivity contribution is -0.212. The van der Waals surface area contributed by atoms with Crippen LogP contribution in [0, 0.1) is 80.3 Å². The monoisotopic (exact) mass is 1890 g/mol. The molecular weight excluding hydrogens is 1710 g/mol. The molecule has 4 saturated heterocycles. The van der Waals surface area contributed by atoms with Crippen LogP contribution in [-0.4, -0.2) is 148 Å². The van der Waals surface area contributed by atoms with Gasteiger partial charge in [-0.25, -0.2) is 10.1 Å². The van der Waals surface area contributed by atoms with E-state index < -0.39 is 35.9 Å². The van der Waals surface area contributed by atoms with E-state index in [4.69, 9.17) is 37.0 Å². The van der Waals surface area contributed by atoms with Crippen LogP contribution in [0.15, 0.2) is 169 Å². The fraction of sp³-hybridized carbons (Fsp3) is 0.610. The highest BCUT2D eigenvalue weighted by Gasteiger charge is 2.53. The largest absolute Gasteiger partial charge is 0.506 e. The second kappa shape index (κ2) is 51.3. The molecule has 25 nitrogen and oxygen atoms in total. The van der Waals surface area contributed by atoms with Crippen LogP contribution in [0.5, 0.6) is 0 Å². The Morgan fingerprint density at radius 3 is 1.19 bits per heavy atom. The number of thioether (sulfide) groups is 1.